The normalized spacial score (nSPS) is 12.7. The van der Waals surface area contributed by atoms with Gasteiger partial charge in [0.25, 0.3) is 0 Å². The number of rotatable bonds is 3. The molecule has 0 aliphatic rings. The maximum Gasteiger partial charge on any atom is 0.0440 e. The van der Waals surface area contributed by atoms with Crippen LogP contribution in [0.2, 0.25) is 0 Å². The average molecular weight is 228 g/mol. The number of fused-ring (bicyclic) bond motifs is 1. The van der Waals surface area contributed by atoms with Gasteiger partial charge in [0, 0.05) is 31.2 Å². The third-order valence-corrected chi connectivity index (χ3v) is 3.02. The molecule has 2 aromatic carbocycles. The fraction of sp³-hybridized carbons (Fsp3) is 0.333. The van der Waals surface area contributed by atoms with Gasteiger partial charge in [0.2, 0.25) is 0 Å². The highest BCUT2D eigenvalue weighted by atomic mass is 15.1. The van der Waals surface area contributed by atoms with Crippen LogP contribution in [-0.2, 0) is 6.42 Å². The third kappa shape index (κ3) is 2.42. The Bertz CT molecular complexity index is 515. The van der Waals surface area contributed by atoms with E-state index in [1.165, 1.54) is 22.0 Å². The van der Waals surface area contributed by atoms with Crippen LogP contribution in [0.1, 0.15) is 12.5 Å². The van der Waals surface area contributed by atoms with Gasteiger partial charge < -0.3 is 10.6 Å². The second-order valence-electron chi connectivity index (χ2n) is 4.87. The molecular formula is C15H20N2. The van der Waals surface area contributed by atoms with Crippen molar-refractivity contribution in [3.63, 3.8) is 0 Å². The van der Waals surface area contributed by atoms with Crippen molar-refractivity contribution in [2.45, 2.75) is 19.4 Å². The standard InChI is InChI=1S/C15H20N2/c1-11(16)10-12-8-9-15(17(2)3)14-7-5-4-6-13(12)14/h4-9,11H,10,16H2,1-3H3. The van der Waals surface area contributed by atoms with Crippen LogP contribution in [0.5, 0.6) is 0 Å². The number of nitrogens with two attached hydrogens (primary N) is 1. The van der Waals surface area contributed by atoms with E-state index in [4.69, 9.17) is 5.73 Å². The van der Waals surface area contributed by atoms with E-state index in [0.29, 0.717) is 0 Å². The lowest BCUT2D eigenvalue weighted by Gasteiger charge is -2.18. The van der Waals surface area contributed by atoms with Gasteiger partial charge in [-0.25, -0.2) is 0 Å². The molecular weight excluding hydrogens is 208 g/mol. The Labute approximate surface area is 103 Å². The molecule has 2 rings (SSSR count). The molecule has 0 radical (unpaired) electrons. The van der Waals surface area contributed by atoms with E-state index in [2.05, 4.69) is 62.3 Å². The van der Waals surface area contributed by atoms with Crippen molar-refractivity contribution in [2.24, 2.45) is 5.73 Å². The number of benzene rings is 2. The summed E-state index contributed by atoms with van der Waals surface area (Å²) in [6.07, 6.45) is 0.925. The summed E-state index contributed by atoms with van der Waals surface area (Å²) >= 11 is 0. The highest BCUT2D eigenvalue weighted by Gasteiger charge is 2.08. The Kier molecular flexibility index (Phi) is 3.34. The summed E-state index contributed by atoms with van der Waals surface area (Å²) in [7, 11) is 4.15. The molecule has 0 saturated carbocycles. The summed E-state index contributed by atoms with van der Waals surface area (Å²) in [5.41, 5.74) is 8.50. The van der Waals surface area contributed by atoms with Gasteiger partial charge in [0.1, 0.15) is 0 Å². The Morgan fingerprint density at radius 2 is 1.71 bits per heavy atom. The van der Waals surface area contributed by atoms with Gasteiger partial charge in [-0.1, -0.05) is 30.3 Å². The molecule has 0 amide bonds. The molecule has 17 heavy (non-hydrogen) atoms. The van der Waals surface area contributed by atoms with Gasteiger partial charge in [-0.2, -0.15) is 0 Å². The number of nitrogens with zero attached hydrogens (tertiary/aromatic N) is 1. The Morgan fingerprint density at radius 3 is 2.29 bits per heavy atom. The van der Waals surface area contributed by atoms with Crippen molar-refractivity contribution in [1.29, 1.82) is 0 Å². The lowest BCUT2D eigenvalue weighted by Crippen LogP contribution is -2.18. The summed E-state index contributed by atoms with van der Waals surface area (Å²) in [6, 6.07) is 13.1. The topological polar surface area (TPSA) is 29.3 Å². The van der Waals surface area contributed by atoms with Crippen molar-refractivity contribution >= 4 is 16.5 Å². The molecule has 90 valence electrons. The van der Waals surface area contributed by atoms with Gasteiger partial charge >= 0.3 is 0 Å². The molecule has 0 aliphatic heterocycles. The van der Waals surface area contributed by atoms with Crippen molar-refractivity contribution < 1.29 is 0 Å². The predicted octanol–water partition coefficient (Wildman–Crippen LogP) is 2.80. The van der Waals surface area contributed by atoms with Gasteiger partial charge in [0.05, 0.1) is 0 Å². The van der Waals surface area contributed by atoms with Crippen molar-refractivity contribution in [3.8, 4) is 0 Å². The second-order valence-corrected chi connectivity index (χ2v) is 4.87. The molecule has 0 aromatic heterocycles. The van der Waals surface area contributed by atoms with Gasteiger partial charge in [-0.3, -0.25) is 0 Å². The molecule has 1 unspecified atom stereocenters. The van der Waals surface area contributed by atoms with Gasteiger partial charge in [-0.05, 0) is 30.4 Å². The summed E-state index contributed by atoms with van der Waals surface area (Å²) in [4.78, 5) is 2.15. The van der Waals surface area contributed by atoms with Gasteiger partial charge in [0.15, 0.2) is 0 Å². The molecule has 0 heterocycles. The lowest BCUT2D eigenvalue weighted by atomic mass is 9.98. The lowest BCUT2D eigenvalue weighted by molar-refractivity contribution is 0.742. The zero-order chi connectivity index (χ0) is 12.4. The molecule has 2 nitrogen and oxygen atoms in total. The van der Waals surface area contributed by atoms with E-state index < -0.39 is 0 Å². The second kappa shape index (κ2) is 4.76. The van der Waals surface area contributed by atoms with Crippen LogP contribution in [0.25, 0.3) is 10.8 Å². The Morgan fingerprint density at radius 1 is 1.06 bits per heavy atom. The maximum absolute atomic E-state index is 5.90. The monoisotopic (exact) mass is 228 g/mol. The molecule has 2 N–H and O–H groups in total. The van der Waals surface area contributed by atoms with Crippen LogP contribution >= 0.6 is 0 Å². The van der Waals surface area contributed by atoms with Crippen LogP contribution < -0.4 is 10.6 Å². The Hall–Kier alpha value is -1.54. The largest absolute Gasteiger partial charge is 0.377 e. The van der Waals surface area contributed by atoms with Crippen LogP contribution in [0.4, 0.5) is 5.69 Å². The highest BCUT2D eigenvalue weighted by Crippen LogP contribution is 2.28. The van der Waals surface area contributed by atoms with E-state index in [0.717, 1.165) is 6.42 Å². The average Bonchev–Trinajstić information content (AvgIpc) is 2.28. The quantitative estimate of drug-likeness (QED) is 0.875. The van der Waals surface area contributed by atoms with Crippen LogP contribution in [0, 0.1) is 0 Å². The van der Waals surface area contributed by atoms with Crippen molar-refractivity contribution in [2.75, 3.05) is 19.0 Å². The van der Waals surface area contributed by atoms with E-state index in [1.807, 2.05) is 0 Å². The summed E-state index contributed by atoms with van der Waals surface area (Å²) in [5.74, 6) is 0. The minimum atomic E-state index is 0.198. The number of hydrogen-bond acceptors (Lipinski definition) is 2. The first-order valence-corrected chi connectivity index (χ1v) is 6.03. The Balaban J connectivity index is 2.62. The number of anilines is 1. The SMILES string of the molecule is CC(N)Cc1ccc(N(C)C)c2ccccc12. The first-order chi connectivity index (χ1) is 8.09. The fourth-order valence-corrected chi connectivity index (χ4v) is 2.26. The predicted molar refractivity (Wildman–Crippen MR) is 75.6 cm³/mol. The minimum absolute atomic E-state index is 0.198. The molecule has 1 atom stereocenters. The molecule has 0 aliphatic carbocycles. The number of hydrogen-bond donors (Lipinski definition) is 1. The minimum Gasteiger partial charge on any atom is -0.377 e. The van der Waals surface area contributed by atoms with E-state index >= 15 is 0 Å². The summed E-state index contributed by atoms with van der Waals surface area (Å²) < 4.78 is 0. The van der Waals surface area contributed by atoms with Crippen LogP contribution in [0.15, 0.2) is 36.4 Å². The van der Waals surface area contributed by atoms with E-state index in [9.17, 15) is 0 Å². The van der Waals surface area contributed by atoms with Crippen molar-refractivity contribution in [1.82, 2.24) is 0 Å². The molecule has 0 spiro atoms. The smallest absolute Gasteiger partial charge is 0.0440 e. The van der Waals surface area contributed by atoms with Gasteiger partial charge in [-0.15, -0.1) is 0 Å². The highest BCUT2D eigenvalue weighted by molar-refractivity contribution is 5.96. The molecule has 0 fully saturated rings. The zero-order valence-electron chi connectivity index (χ0n) is 10.8. The van der Waals surface area contributed by atoms with Crippen molar-refractivity contribution in [3.05, 3.63) is 42.0 Å². The summed E-state index contributed by atoms with van der Waals surface area (Å²) in [6.45, 7) is 2.05. The van der Waals surface area contributed by atoms with E-state index in [-0.39, 0.29) is 6.04 Å². The van der Waals surface area contributed by atoms with Crippen LogP contribution in [-0.4, -0.2) is 20.1 Å². The van der Waals surface area contributed by atoms with Crippen LogP contribution in [0.3, 0.4) is 0 Å². The fourth-order valence-electron chi connectivity index (χ4n) is 2.26. The maximum atomic E-state index is 5.90. The molecule has 0 saturated heterocycles. The first-order valence-electron chi connectivity index (χ1n) is 6.03. The van der Waals surface area contributed by atoms with E-state index in [1.54, 1.807) is 0 Å². The summed E-state index contributed by atoms with van der Waals surface area (Å²) in [5, 5.41) is 2.62. The molecule has 2 heteroatoms. The first kappa shape index (κ1) is 11.9. The molecule has 2 aromatic rings. The zero-order valence-corrected chi connectivity index (χ0v) is 10.8. The molecule has 0 bridgehead atoms. The third-order valence-electron chi connectivity index (χ3n) is 3.02.